The van der Waals surface area contributed by atoms with Crippen LogP contribution in [0.5, 0.6) is 5.75 Å². The topological polar surface area (TPSA) is 99.1 Å². The van der Waals surface area contributed by atoms with Crippen molar-refractivity contribution in [3.63, 3.8) is 0 Å². The van der Waals surface area contributed by atoms with Crippen LogP contribution in [0.15, 0.2) is 54.7 Å². The Morgan fingerprint density at radius 3 is 2.73 bits per heavy atom. The molecule has 0 aliphatic heterocycles. The van der Waals surface area contributed by atoms with Crippen molar-refractivity contribution in [3.05, 3.63) is 66.1 Å². The molecule has 0 aliphatic rings. The number of aliphatic hydroxyl groups excluding tert-OH is 1. The largest absolute Gasteiger partial charge is 0.496 e. The molecule has 3 heterocycles. The van der Waals surface area contributed by atoms with Gasteiger partial charge in [-0.15, -0.1) is 0 Å². The van der Waals surface area contributed by atoms with E-state index >= 15 is 0 Å². The second-order valence-electron chi connectivity index (χ2n) is 7.16. The summed E-state index contributed by atoms with van der Waals surface area (Å²) in [6.45, 7) is 1.99. The number of benzene rings is 1. The van der Waals surface area contributed by atoms with Crippen LogP contribution in [-0.2, 0) is 6.61 Å². The Labute approximate surface area is 175 Å². The first-order valence-corrected chi connectivity index (χ1v) is 10.0. The second kappa shape index (κ2) is 8.61. The van der Waals surface area contributed by atoms with Gasteiger partial charge in [0.2, 0.25) is 0 Å². The highest BCUT2D eigenvalue weighted by Gasteiger charge is 2.15. The van der Waals surface area contributed by atoms with Gasteiger partial charge in [0.1, 0.15) is 5.75 Å². The molecule has 3 aromatic heterocycles. The summed E-state index contributed by atoms with van der Waals surface area (Å²) < 4.78 is 7.38. The quantitative estimate of drug-likeness (QED) is 0.487. The minimum atomic E-state index is -0.129. The fourth-order valence-electron chi connectivity index (χ4n) is 3.54. The van der Waals surface area contributed by atoms with E-state index in [-0.39, 0.29) is 12.6 Å². The maximum absolute atomic E-state index is 9.43. The Bertz CT molecular complexity index is 1170. The van der Waals surface area contributed by atoms with Crippen LogP contribution in [0.2, 0.25) is 0 Å². The monoisotopic (exact) mass is 403 g/mol. The van der Waals surface area contributed by atoms with Crippen molar-refractivity contribution in [2.24, 2.45) is 5.73 Å². The Kier molecular flexibility index (Phi) is 5.74. The van der Waals surface area contributed by atoms with Gasteiger partial charge >= 0.3 is 0 Å². The predicted octanol–water partition coefficient (Wildman–Crippen LogP) is 3.78. The highest BCUT2D eigenvalue weighted by atomic mass is 16.5. The summed E-state index contributed by atoms with van der Waals surface area (Å²) in [5.41, 5.74) is 10.3. The van der Waals surface area contributed by atoms with Crippen LogP contribution in [-0.4, -0.2) is 32.0 Å². The lowest BCUT2D eigenvalue weighted by Gasteiger charge is -2.12. The van der Waals surface area contributed by atoms with Gasteiger partial charge in [0, 0.05) is 11.6 Å². The lowest BCUT2D eigenvalue weighted by Crippen LogP contribution is -2.11. The third kappa shape index (κ3) is 3.77. The van der Waals surface area contributed by atoms with Gasteiger partial charge in [0.25, 0.3) is 0 Å². The minimum Gasteiger partial charge on any atom is -0.496 e. The molecule has 4 aromatic rings. The van der Waals surface area contributed by atoms with E-state index < -0.39 is 0 Å². The van der Waals surface area contributed by atoms with Crippen molar-refractivity contribution in [3.8, 4) is 22.8 Å². The third-order valence-corrected chi connectivity index (χ3v) is 5.09. The molecule has 7 nitrogen and oxygen atoms in total. The molecule has 30 heavy (non-hydrogen) atoms. The molecule has 0 aliphatic carbocycles. The molecule has 7 heteroatoms. The van der Waals surface area contributed by atoms with Crippen LogP contribution in [0, 0.1) is 0 Å². The van der Waals surface area contributed by atoms with Gasteiger partial charge in [-0.25, -0.2) is 9.67 Å². The Morgan fingerprint density at radius 2 is 1.97 bits per heavy atom. The highest BCUT2D eigenvalue weighted by Crippen LogP contribution is 2.33. The van der Waals surface area contributed by atoms with Gasteiger partial charge in [-0.3, -0.25) is 4.98 Å². The number of rotatable bonds is 7. The molecule has 154 valence electrons. The third-order valence-electron chi connectivity index (χ3n) is 5.09. The average molecular weight is 403 g/mol. The van der Waals surface area contributed by atoms with Gasteiger partial charge in [-0.2, -0.15) is 5.10 Å². The number of hydrogen-bond donors (Lipinski definition) is 2. The van der Waals surface area contributed by atoms with E-state index in [2.05, 4.69) is 17.0 Å². The number of methoxy groups -OCH3 is 1. The van der Waals surface area contributed by atoms with Crippen LogP contribution in [0.3, 0.4) is 0 Å². The van der Waals surface area contributed by atoms with Crippen LogP contribution in [0.4, 0.5) is 0 Å². The first kappa shape index (κ1) is 20.0. The average Bonchev–Trinajstić information content (AvgIpc) is 3.23. The highest BCUT2D eigenvalue weighted by molar-refractivity contribution is 5.90. The lowest BCUT2D eigenvalue weighted by molar-refractivity contribution is 0.276. The van der Waals surface area contributed by atoms with Crippen molar-refractivity contribution in [2.75, 3.05) is 7.11 Å². The van der Waals surface area contributed by atoms with Gasteiger partial charge in [-0.1, -0.05) is 25.5 Å². The summed E-state index contributed by atoms with van der Waals surface area (Å²) >= 11 is 0. The van der Waals surface area contributed by atoms with Crippen molar-refractivity contribution in [1.29, 1.82) is 0 Å². The van der Waals surface area contributed by atoms with Gasteiger partial charge in [0.05, 0.1) is 47.9 Å². The van der Waals surface area contributed by atoms with Crippen LogP contribution in [0.25, 0.3) is 28.0 Å². The van der Waals surface area contributed by atoms with E-state index in [1.54, 1.807) is 24.1 Å². The Morgan fingerprint density at radius 1 is 1.13 bits per heavy atom. The molecule has 0 fully saturated rings. The summed E-state index contributed by atoms with van der Waals surface area (Å²) in [6, 6.07) is 15.3. The summed E-state index contributed by atoms with van der Waals surface area (Å²) in [4.78, 5) is 9.28. The molecule has 0 radical (unpaired) electrons. The minimum absolute atomic E-state index is 0.0865. The SMILES string of the molecule is CCCC(N)c1cccc(-c2cc(OC)c3cnn(-c4cccc(CO)n4)c3c2)n1. The molecule has 0 spiro atoms. The summed E-state index contributed by atoms with van der Waals surface area (Å²) in [6.07, 6.45) is 3.65. The summed E-state index contributed by atoms with van der Waals surface area (Å²) in [7, 11) is 1.64. The van der Waals surface area contributed by atoms with Crippen LogP contribution < -0.4 is 10.5 Å². The summed E-state index contributed by atoms with van der Waals surface area (Å²) in [5, 5.41) is 14.8. The van der Waals surface area contributed by atoms with Crippen molar-refractivity contribution < 1.29 is 9.84 Å². The molecule has 4 rings (SSSR count). The maximum atomic E-state index is 9.43. The zero-order chi connectivity index (χ0) is 21.1. The fourth-order valence-corrected chi connectivity index (χ4v) is 3.54. The molecule has 0 saturated carbocycles. The van der Waals surface area contributed by atoms with Crippen LogP contribution in [0.1, 0.15) is 37.2 Å². The number of nitrogens with two attached hydrogens (primary N) is 1. The number of ether oxygens (including phenoxy) is 1. The lowest BCUT2D eigenvalue weighted by atomic mass is 10.1. The predicted molar refractivity (Wildman–Crippen MR) is 116 cm³/mol. The van der Waals surface area contributed by atoms with E-state index in [0.29, 0.717) is 17.3 Å². The Hall–Kier alpha value is -3.29. The number of aliphatic hydroxyl groups is 1. The standard InChI is InChI=1S/C23H25N5O2/c1-3-6-18(24)20-9-5-8-19(27-20)15-11-21-17(22(12-15)30-2)13-25-28(21)23-10-4-7-16(14-29)26-23/h4-5,7-13,18,29H,3,6,14,24H2,1-2H3. The molecule has 0 saturated heterocycles. The number of nitrogens with zero attached hydrogens (tertiary/aromatic N) is 4. The molecule has 0 amide bonds. The van der Waals surface area contributed by atoms with Crippen molar-refractivity contribution >= 4 is 10.9 Å². The Balaban J connectivity index is 1.85. The van der Waals surface area contributed by atoms with E-state index in [1.165, 1.54) is 0 Å². The smallest absolute Gasteiger partial charge is 0.154 e. The first-order chi connectivity index (χ1) is 14.6. The van der Waals surface area contributed by atoms with E-state index in [0.717, 1.165) is 40.7 Å². The van der Waals surface area contributed by atoms with E-state index in [1.807, 2.05) is 42.5 Å². The summed E-state index contributed by atoms with van der Waals surface area (Å²) in [5.74, 6) is 1.33. The zero-order valence-electron chi connectivity index (χ0n) is 17.1. The van der Waals surface area contributed by atoms with Gasteiger partial charge in [-0.05, 0) is 42.8 Å². The maximum Gasteiger partial charge on any atom is 0.154 e. The van der Waals surface area contributed by atoms with Crippen molar-refractivity contribution in [2.45, 2.75) is 32.4 Å². The fraction of sp³-hybridized carbons (Fsp3) is 0.261. The second-order valence-corrected chi connectivity index (χ2v) is 7.16. The molecule has 1 atom stereocenters. The number of fused-ring (bicyclic) bond motifs is 1. The normalized spacial score (nSPS) is 12.3. The molecular weight excluding hydrogens is 378 g/mol. The number of hydrogen-bond acceptors (Lipinski definition) is 6. The molecule has 1 aromatic carbocycles. The van der Waals surface area contributed by atoms with E-state index in [4.69, 9.17) is 15.5 Å². The van der Waals surface area contributed by atoms with E-state index in [9.17, 15) is 5.11 Å². The molecule has 0 bridgehead atoms. The van der Waals surface area contributed by atoms with Gasteiger partial charge < -0.3 is 15.6 Å². The van der Waals surface area contributed by atoms with Crippen LogP contribution >= 0.6 is 0 Å². The number of pyridine rings is 2. The molecule has 3 N–H and O–H groups in total. The first-order valence-electron chi connectivity index (χ1n) is 10.0. The van der Waals surface area contributed by atoms with Gasteiger partial charge in [0.15, 0.2) is 5.82 Å². The van der Waals surface area contributed by atoms with Crippen molar-refractivity contribution in [1.82, 2.24) is 19.7 Å². The zero-order valence-corrected chi connectivity index (χ0v) is 17.1. The molecular formula is C23H25N5O2. The molecule has 1 unspecified atom stereocenters. The number of aromatic nitrogens is 4.